The molecule has 5 rings (SSSR count). The van der Waals surface area contributed by atoms with Gasteiger partial charge in [-0.2, -0.15) is 0 Å². The highest BCUT2D eigenvalue weighted by Crippen LogP contribution is 2.75. The van der Waals surface area contributed by atoms with Gasteiger partial charge in [0.15, 0.2) is 0 Å². The molecule has 4 aliphatic rings. The summed E-state index contributed by atoms with van der Waals surface area (Å²) in [6.07, 6.45) is 6.12. The average Bonchev–Trinajstić information content (AvgIpc) is 2.81. The van der Waals surface area contributed by atoms with Crippen LogP contribution >= 0.6 is 0 Å². The Hall–Kier alpha value is -2.34. The Kier molecular flexibility index (Phi) is 6.85. The molecule has 0 saturated heterocycles. The Morgan fingerprint density at radius 2 is 1.61 bits per heavy atom. The second kappa shape index (κ2) is 9.33. The Labute approximate surface area is 252 Å². The van der Waals surface area contributed by atoms with E-state index in [2.05, 4.69) is 94.9 Å². The third kappa shape index (κ3) is 3.77. The van der Waals surface area contributed by atoms with Crippen molar-refractivity contribution in [2.45, 2.75) is 120 Å². The Morgan fingerprint density at radius 3 is 2.12 bits per heavy atom. The normalized spacial score (nSPS) is 33.7. The smallest absolute Gasteiger partial charge is 0.0197 e. The van der Waals surface area contributed by atoms with Crippen LogP contribution in [0, 0.1) is 35.0 Å². The van der Waals surface area contributed by atoms with Crippen LogP contribution < -0.4 is 0 Å². The molecule has 5 atom stereocenters. The molecule has 1 saturated carbocycles. The fraction of sp³-hybridized carbons (Fsp3) is 0.561. The predicted molar refractivity (Wildman–Crippen MR) is 180 cm³/mol. The molecule has 1 aromatic rings. The molecule has 41 heavy (non-hydrogen) atoms. The maximum atomic E-state index is 4.98. The van der Waals surface area contributed by atoms with E-state index >= 15 is 0 Å². The van der Waals surface area contributed by atoms with Gasteiger partial charge in [0.2, 0.25) is 0 Å². The fourth-order valence-electron chi connectivity index (χ4n) is 10.4. The van der Waals surface area contributed by atoms with Crippen molar-refractivity contribution in [3.8, 4) is 0 Å². The summed E-state index contributed by atoms with van der Waals surface area (Å²) in [6, 6.07) is 4.86. The third-order valence-corrected chi connectivity index (χ3v) is 13.1. The van der Waals surface area contributed by atoms with Gasteiger partial charge in [-0.15, -0.1) is 0 Å². The van der Waals surface area contributed by atoms with Gasteiger partial charge in [-0.25, -0.2) is 0 Å². The van der Waals surface area contributed by atoms with Crippen LogP contribution in [0.5, 0.6) is 0 Å². The molecule has 0 N–H and O–H groups in total. The quantitative estimate of drug-likeness (QED) is 0.328. The highest BCUT2D eigenvalue weighted by Gasteiger charge is 2.66. The lowest BCUT2D eigenvalue weighted by molar-refractivity contribution is -0.0384. The first-order valence-corrected chi connectivity index (χ1v) is 16.1. The van der Waals surface area contributed by atoms with Crippen molar-refractivity contribution >= 4 is 5.57 Å². The van der Waals surface area contributed by atoms with Gasteiger partial charge in [-0.3, -0.25) is 0 Å². The summed E-state index contributed by atoms with van der Waals surface area (Å²) in [7, 11) is 0. The molecule has 0 unspecified atom stereocenters. The lowest BCUT2D eigenvalue weighted by Crippen LogP contribution is -2.59. The van der Waals surface area contributed by atoms with E-state index in [0.717, 1.165) is 18.4 Å². The molecule has 0 nitrogen and oxygen atoms in total. The zero-order chi connectivity index (χ0) is 30.6. The Balaban J connectivity index is 1.85. The second-order valence-electron chi connectivity index (χ2n) is 16.1. The zero-order valence-electron chi connectivity index (χ0n) is 28.3. The summed E-state index contributed by atoms with van der Waals surface area (Å²) in [5.41, 5.74) is 16.4. The first-order valence-electron chi connectivity index (χ1n) is 16.1. The van der Waals surface area contributed by atoms with E-state index in [1.165, 1.54) is 80.5 Å². The largest absolute Gasteiger partial charge is 0.0996 e. The van der Waals surface area contributed by atoms with Crippen LogP contribution in [0.3, 0.4) is 0 Å². The lowest BCUT2D eigenvalue weighted by Gasteiger charge is -2.68. The van der Waals surface area contributed by atoms with Crippen molar-refractivity contribution in [3.05, 3.63) is 99.7 Å². The number of hydrogen-bond donors (Lipinski definition) is 0. The summed E-state index contributed by atoms with van der Waals surface area (Å²) in [4.78, 5) is 0. The van der Waals surface area contributed by atoms with Gasteiger partial charge < -0.3 is 0 Å². The highest BCUT2D eigenvalue weighted by molar-refractivity contribution is 5.88. The highest BCUT2D eigenvalue weighted by atomic mass is 14.7. The van der Waals surface area contributed by atoms with Gasteiger partial charge >= 0.3 is 0 Å². The monoisotopic (exact) mass is 548 g/mol. The molecule has 4 aliphatic carbocycles. The van der Waals surface area contributed by atoms with E-state index in [9.17, 15) is 0 Å². The Bertz CT molecular complexity index is 1460. The van der Waals surface area contributed by atoms with Crippen molar-refractivity contribution in [2.75, 3.05) is 0 Å². The third-order valence-electron chi connectivity index (χ3n) is 13.1. The van der Waals surface area contributed by atoms with Crippen LogP contribution in [-0.2, 0) is 5.41 Å². The maximum absolute atomic E-state index is 4.98. The van der Waals surface area contributed by atoms with Gasteiger partial charge in [0, 0.05) is 10.8 Å². The minimum atomic E-state index is -0.185. The number of fused-ring (bicyclic) bond motifs is 3. The van der Waals surface area contributed by atoms with Crippen LogP contribution in [0.25, 0.3) is 5.57 Å². The summed E-state index contributed by atoms with van der Waals surface area (Å²) in [5.74, 6) is 1.48. The Morgan fingerprint density at radius 1 is 1.00 bits per heavy atom. The number of benzene rings is 1. The van der Waals surface area contributed by atoms with E-state index < -0.39 is 0 Å². The SMILES string of the molecule is C=C(C)C1=C(C)C[C@@]2(C)[C@H](CC(=C)C3CCC3)[C@]3(C)C(=C(C)[C@@]2(C)C1=C)C(=C)c1c(ccc(C(C)(C)C)c1C)[C@H]3C. The molecular weight excluding hydrogens is 492 g/mol. The van der Waals surface area contributed by atoms with E-state index in [1.54, 1.807) is 0 Å². The summed E-state index contributed by atoms with van der Waals surface area (Å²) in [6.45, 7) is 45.6. The fourth-order valence-corrected chi connectivity index (χ4v) is 10.4. The molecule has 220 valence electrons. The minimum absolute atomic E-state index is 0.00851. The summed E-state index contributed by atoms with van der Waals surface area (Å²) in [5, 5.41) is 0. The molecule has 1 aromatic carbocycles. The standard InChI is InChI=1S/C41H56/c1-23(2)35-25(4)22-39(13)34(21-24(3)31-17-16-18-31)40(14)28(7)32-19-20-33(38(10,11)12)26(5)36(32)27(6)37(40)30(9)41(39,15)29(35)8/h19-20,28,31,34H,1,3,6,8,16-18,21-22H2,2,4-5,7,9-15H3/t28-,34+,39+,40-,41-/m1/s1. The summed E-state index contributed by atoms with van der Waals surface area (Å²) >= 11 is 0. The molecule has 0 heteroatoms. The van der Waals surface area contributed by atoms with E-state index in [4.69, 9.17) is 19.7 Å². The van der Waals surface area contributed by atoms with Crippen LogP contribution in [0.2, 0.25) is 0 Å². The van der Waals surface area contributed by atoms with Crippen LogP contribution in [-0.4, -0.2) is 0 Å². The van der Waals surface area contributed by atoms with Crippen molar-refractivity contribution in [2.24, 2.45) is 28.1 Å². The molecule has 1 fully saturated rings. The van der Waals surface area contributed by atoms with Crippen molar-refractivity contribution < 1.29 is 0 Å². The number of allylic oxidation sites excluding steroid dienone is 8. The minimum Gasteiger partial charge on any atom is -0.0996 e. The van der Waals surface area contributed by atoms with Crippen molar-refractivity contribution in [3.63, 3.8) is 0 Å². The number of rotatable bonds is 4. The van der Waals surface area contributed by atoms with Gasteiger partial charge in [0.1, 0.15) is 0 Å². The second-order valence-corrected chi connectivity index (χ2v) is 16.1. The van der Waals surface area contributed by atoms with Gasteiger partial charge in [0.25, 0.3) is 0 Å². The first-order chi connectivity index (χ1) is 18.8. The predicted octanol–water partition coefficient (Wildman–Crippen LogP) is 12.0. The molecule has 0 amide bonds. The maximum Gasteiger partial charge on any atom is 0.0197 e. The summed E-state index contributed by atoms with van der Waals surface area (Å²) < 4.78 is 0. The van der Waals surface area contributed by atoms with Crippen LogP contribution in [0.4, 0.5) is 0 Å². The van der Waals surface area contributed by atoms with E-state index in [1.807, 2.05) is 0 Å². The van der Waals surface area contributed by atoms with E-state index in [-0.39, 0.29) is 21.7 Å². The average molecular weight is 549 g/mol. The van der Waals surface area contributed by atoms with Crippen molar-refractivity contribution in [1.82, 2.24) is 0 Å². The number of hydrogen-bond acceptors (Lipinski definition) is 0. The molecule has 0 aliphatic heterocycles. The molecule has 0 bridgehead atoms. The molecule has 0 radical (unpaired) electrons. The first kappa shape index (κ1) is 30.1. The van der Waals surface area contributed by atoms with Crippen LogP contribution in [0.15, 0.2) is 77.5 Å². The molecule has 0 spiro atoms. The topological polar surface area (TPSA) is 0 Å². The lowest BCUT2D eigenvalue weighted by atomic mass is 9.35. The molecule has 0 aromatic heterocycles. The van der Waals surface area contributed by atoms with Gasteiger partial charge in [0.05, 0.1) is 0 Å². The van der Waals surface area contributed by atoms with Crippen LogP contribution in [0.1, 0.15) is 130 Å². The molecular formula is C41H56. The zero-order valence-corrected chi connectivity index (χ0v) is 28.3. The molecule has 0 heterocycles. The van der Waals surface area contributed by atoms with Crippen molar-refractivity contribution in [1.29, 1.82) is 0 Å². The van der Waals surface area contributed by atoms with Gasteiger partial charge in [-0.1, -0.05) is 116 Å². The van der Waals surface area contributed by atoms with E-state index in [0.29, 0.717) is 17.8 Å². The van der Waals surface area contributed by atoms with Gasteiger partial charge in [-0.05, 0) is 127 Å².